The van der Waals surface area contributed by atoms with Gasteiger partial charge in [-0.2, -0.15) is 0 Å². The molecule has 0 saturated carbocycles. The number of rotatable bonds is 3. The van der Waals surface area contributed by atoms with Crippen LogP contribution in [0.15, 0.2) is 35.7 Å². The van der Waals surface area contributed by atoms with Crippen LogP contribution in [0.25, 0.3) is 0 Å². The Morgan fingerprint density at radius 1 is 1.16 bits per heavy atom. The largest absolute Gasteiger partial charge is 0.486 e. The fourth-order valence-corrected chi connectivity index (χ4v) is 2.78. The van der Waals surface area contributed by atoms with E-state index in [1.807, 2.05) is 12.1 Å². The number of nitrogens with zero attached hydrogens (tertiary/aromatic N) is 2. The number of ether oxygens (including phenoxy) is 2. The topological polar surface area (TPSA) is 44.2 Å². The average Bonchev–Trinajstić information content (AvgIpc) is 2.46. The lowest BCUT2D eigenvalue weighted by molar-refractivity contribution is 0.171. The Morgan fingerprint density at radius 2 is 1.95 bits per heavy atom. The molecule has 0 bridgehead atoms. The third kappa shape index (κ3) is 2.93. The molecule has 0 saturated heterocycles. The zero-order valence-electron chi connectivity index (χ0n) is 10.0. The number of aromatic nitrogens is 2. The van der Waals surface area contributed by atoms with Crippen molar-refractivity contribution in [1.82, 2.24) is 9.97 Å². The molecule has 1 aromatic carbocycles. The highest BCUT2D eigenvalue weighted by Gasteiger charge is 2.16. The van der Waals surface area contributed by atoms with E-state index in [0.29, 0.717) is 29.7 Å². The predicted octanol–water partition coefficient (Wildman–Crippen LogP) is 3.19. The predicted molar refractivity (Wildman–Crippen MR) is 74.0 cm³/mol. The number of halogens is 1. The van der Waals surface area contributed by atoms with Gasteiger partial charge in [0.05, 0.1) is 5.02 Å². The van der Waals surface area contributed by atoms with E-state index in [4.69, 9.17) is 21.1 Å². The van der Waals surface area contributed by atoms with Gasteiger partial charge in [-0.1, -0.05) is 23.4 Å². The van der Waals surface area contributed by atoms with Crippen LogP contribution < -0.4 is 9.47 Å². The normalized spacial score (nSPS) is 13.3. The second-order valence-corrected chi connectivity index (χ2v) is 5.27. The summed E-state index contributed by atoms with van der Waals surface area (Å²) in [6.07, 6.45) is 3.46. The summed E-state index contributed by atoms with van der Waals surface area (Å²) in [5, 5.41) is 1.33. The lowest BCUT2D eigenvalue weighted by atomic mass is 10.2. The molecule has 0 spiro atoms. The van der Waals surface area contributed by atoms with Crippen molar-refractivity contribution >= 4 is 23.4 Å². The van der Waals surface area contributed by atoms with Gasteiger partial charge in [0.1, 0.15) is 13.2 Å². The maximum atomic E-state index is 6.18. The van der Waals surface area contributed by atoms with Crippen molar-refractivity contribution in [2.45, 2.75) is 10.9 Å². The summed E-state index contributed by atoms with van der Waals surface area (Å²) in [5.41, 5.74) is 1.06. The minimum Gasteiger partial charge on any atom is -0.486 e. The second-order valence-electron chi connectivity index (χ2n) is 3.92. The van der Waals surface area contributed by atoms with E-state index in [1.165, 1.54) is 0 Å². The second kappa shape index (κ2) is 5.67. The Kier molecular flexibility index (Phi) is 3.75. The number of hydrogen-bond acceptors (Lipinski definition) is 5. The van der Waals surface area contributed by atoms with E-state index in [9.17, 15) is 0 Å². The molecule has 98 valence electrons. The molecule has 3 rings (SSSR count). The molecule has 19 heavy (non-hydrogen) atoms. The van der Waals surface area contributed by atoms with Crippen LogP contribution in [0.2, 0.25) is 5.02 Å². The Morgan fingerprint density at radius 3 is 2.79 bits per heavy atom. The molecular weight excluding hydrogens is 284 g/mol. The quantitative estimate of drug-likeness (QED) is 0.642. The first-order valence-electron chi connectivity index (χ1n) is 5.81. The molecule has 0 aliphatic carbocycles. The van der Waals surface area contributed by atoms with Gasteiger partial charge in [0, 0.05) is 18.1 Å². The van der Waals surface area contributed by atoms with Gasteiger partial charge in [0.15, 0.2) is 16.7 Å². The molecule has 1 aliphatic rings. The Balaban J connectivity index is 1.76. The van der Waals surface area contributed by atoms with Crippen molar-refractivity contribution in [2.24, 2.45) is 0 Å². The number of fused-ring (bicyclic) bond motifs is 1. The average molecular weight is 295 g/mol. The standard InChI is InChI=1S/C13H11ClN2O2S/c14-10-6-9(7-11-12(10)18-5-4-17-11)8-19-13-15-2-1-3-16-13/h1-3,6-7H,4-5,8H2. The first-order valence-corrected chi connectivity index (χ1v) is 7.17. The molecule has 0 N–H and O–H groups in total. The van der Waals surface area contributed by atoms with Gasteiger partial charge < -0.3 is 9.47 Å². The van der Waals surface area contributed by atoms with Gasteiger partial charge in [-0.05, 0) is 23.8 Å². The highest BCUT2D eigenvalue weighted by Crippen LogP contribution is 2.39. The van der Waals surface area contributed by atoms with Crippen molar-refractivity contribution in [2.75, 3.05) is 13.2 Å². The van der Waals surface area contributed by atoms with Crippen molar-refractivity contribution in [1.29, 1.82) is 0 Å². The fraction of sp³-hybridized carbons (Fsp3) is 0.231. The van der Waals surface area contributed by atoms with E-state index >= 15 is 0 Å². The summed E-state index contributed by atoms with van der Waals surface area (Å²) >= 11 is 7.74. The summed E-state index contributed by atoms with van der Waals surface area (Å²) in [4.78, 5) is 8.33. The molecule has 1 aromatic heterocycles. The molecular formula is C13H11ClN2O2S. The van der Waals surface area contributed by atoms with Crippen LogP contribution >= 0.6 is 23.4 Å². The van der Waals surface area contributed by atoms with Gasteiger partial charge in [-0.3, -0.25) is 0 Å². The van der Waals surface area contributed by atoms with Crippen LogP contribution in [0.3, 0.4) is 0 Å². The number of thioether (sulfide) groups is 1. The van der Waals surface area contributed by atoms with Crippen molar-refractivity contribution in [3.63, 3.8) is 0 Å². The van der Waals surface area contributed by atoms with Crippen LogP contribution in [-0.2, 0) is 5.75 Å². The maximum absolute atomic E-state index is 6.18. The lowest BCUT2D eigenvalue weighted by Gasteiger charge is -2.20. The molecule has 2 aromatic rings. The highest BCUT2D eigenvalue weighted by molar-refractivity contribution is 7.98. The van der Waals surface area contributed by atoms with Crippen LogP contribution in [0.4, 0.5) is 0 Å². The molecule has 0 radical (unpaired) electrons. The summed E-state index contributed by atoms with van der Waals surface area (Å²) in [7, 11) is 0. The maximum Gasteiger partial charge on any atom is 0.187 e. The monoisotopic (exact) mass is 294 g/mol. The Hall–Kier alpha value is -1.46. The summed E-state index contributed by atoms with van der Waals surface area (Å²) in [6, 6.07) is 5.65. The molecule has 0 fully saturated rings. The van der Waals surface area contributed by atoms with Crippen LogP contribution in [0.5, 0.6) is 11.5 Å². The fourth-order valence-electron chi connectivity index (χ4n) is 1.76. The third-order valence-electron chi connectivity index (χ3n) is 2.57. The summed E-state index contributed by atoms with van der Waals surface area (Å²) in [5.74, 6) is 2.08. The summed E-state index contributed by atoms with van der Waals surface area (Å²) < 4.78 is 11.0. The zero-order chi connectivity index (χ0) is 13.1. The molecule has 0 unspecified atom stereocenters. The van der Waals surface area contributed by atoms with Crippen molar-refractivity contribution in [3.8, 4) is 11.5 Å². The van der Waals surface area contributed by atoms with Crippen LogP contribution in [0, 0.1) is 0 Å². The molecule has 4 nitrogen and oxygen atoms in total. The van der Waals surface area contributed by atoms with Crippen LogP contribution in [-0.4, -0.2) is 23.2 Å². The summed E-state index contributed by atoms with van der Waals surface area (Å²) in [6.45, 7) is 1.10. The Labute approximate surface area is 120 Å². The first-order chi connectivity index (χ1) is 9.33. The Bertz CT molecular complexity index is 580. The lowest BCUT2D eigenvalue weighted by Crippen LogP contribution is -2.15. The third-order valence-corrected chi connectivity index (χ3v) is 3.79. The van der Waals surface area contributed by atoms with Gasteiger partial charge in [0.25, 0.3) is 0 Å². The van der Waals surface area contributed by atoms with Gasteiger partial charge in [0.2, 0.25) is 0 Å². The number of benzene rings is 1. The highest BCUT2D eigenvalue weighted by atomic mass is 35.5. The van der Waals surface area contributed by atoms with E-state index < -0.39 is 0 Å². The van der Waals surface area contributed by atoms with Gasteiger partial charge in [-0.15, -0.1) is 0 Å². The zero-order valence-corrected chi connectivity index (χ0v) is 11.6. The van der Waals surface area contributed by atoms with Crippen LogP contribution in [0.1, 0.15) is 5.56 Å². The van der Waals surface area contributed by atoms with Gasteiger partial charge in [-0.25, -0.2) is 9.97 Å². The van der Waals surface area contributed by atoms with Gasteiger partial charge >= 0.3 is 0 Å². The smallest absolute Gasteiger partial charge is 0.187 e. The molecule has 1 aliphatic heterocycles. The molecule has 0 atom stereocenters. The SMILES string of the molecule is Clc1cc(CSc2ncccn2)cc2c1OCCO2. The first kappa shape index (κ1) is 12.6. The van der Waals surface area contributed by atoms with Crippen molar-refractivity contribution < 1.29 is 9.47 Å². The number of hydrogen-bond donors (Lipinski definition) is 0. The minimum absolute atomic E-state index is 0.540. The molecule has 2 heterocycles. The minimum atomic E-state index is 0.540. The van der Waals surface area contributed by atoms with E-state index in [0.717, 1.165) is 16.5 Å². The van der Waals surface area contributed by atoms with E-state index in [-0.39, 0.29) is 0 Å². The van der Waals surface area contributed by atoms with E-state index in [1.54, 1.807) is 30.2 Å². The van der Waals surface area contributed by atoms with Crippen molar-refractivity contribution in [3.05, 3.63) is 41.2 Å². The molecule has 6 heteroatoms. The molecule has 0 amide bonds. The van der Waals surface area contributed by atoms with E-state index in [2.05, 4.69) is 9.97 Å².